The van der Waals surface area contributed by atoms with Gasteiger partial charge >= 0.3 is 0 Å². The van der Waals surface area contributed by atoms with Crippen LogP contribution in [-0.2, 0) is 0 Å². The van der Waals surface area contributed by atoms with Gasteiger partial charge in [-0.3, -0.25) is 0 Å². The van der Waals surface area contributed by atoms with E-state index in [1.165, 1.54) is 3.57 Å². The summed E-state index contributed by atoms with van der Waals surface area (Å²) in [6, 6.07) is 22.7. The molecule has 0 amide bonds. The number of nitrogens with two attached hydrogens (primary N) is 1. The van der Waals surface area contributed by atoms with Gasteiger partial charge in [-0.2, -0.15) is 0 Å². The highest BCUT2D eigenvalue weighted by Crippen LogP contribution is 2.27. The molecule has 0 bridgehead atoms. The first kappa shape index (κ1) is 14.7. The Hall–Kier alpha value is -2.21. The highest BCUT2D eigenvalue weighted by Gasteiger charge is 2.00. The summed E-state index contributed by atoms with van der Waals surface area (Å²) in [5.74, 6) is 3.08. The lowest BCUT2D eigenvalue weighted by Gasteiger charge is -2.08. The van der Waals surface area contributed by atoms with Gasteiger partial charge in [-0.15, -0.1) is 0 Å². The number of hydrogen-bond acceptors (Lipinski definition) is 3. The predicted octanol–water partition coefficient (Wildman–Crippen LogP) is 5.46. The highest BCUT2D eigenvalue weighted by atomic mass is 127. The van der Waals surface area contributed by atoms with Crippen LogP contribution >= 0.6 is 22.6 Å². The van der Waals surface area contributed by atoms with Gasteiger partial charge in [0.15, 0.2) is 0 Å². The second-order valence-electron chi connectivity index (χ2n) is 4.70. The van der Waals surface area contributed by atoms with Crippen LogP contribution in [0.5, 0.6) is 23.0 Å². The lowest BCUT2D eigenvalue weighted by atomic mass is 10.3. The van der Waals surface area contributed by atoms with Gasteiger partial charge in [0.2, 0.25) is 0 Å². The van der Waals surface area contributed by atoms with Gasteiger partial charge in [-0.25, -0.2) is 0 Å². The summed E-state index contributed by atoms with van der Waals surface area (Å²) in [4.78, 5) is 0. The number of halogens is 1. The van der Waals surface area contributed by atoms with Crippen LogP contribution in [0.15, 0.2) is 72.8 Å². The van der Waals surface area contributed by atoms with E-state index < -0.39 is 0 Å². The average Bonchev–Trinajstić information content (AvgIpc) is 2.54. The first-order chi connectivity index (χ1) is 10.7. The number of anilines is 1. The van der Waals surface area contributed by atoms with Crippen molar-refractivity contribution in [3.63, 3.8) is 0 Å². The van der Waals surface area contributed by atoms with E-state index in [0.717, 1.165) is 23.0 Å². The number of ether oxygens (including phenoxy) is 2. The Bertz CT molecular complexity index is 671. The van der Waals surface area contributed by atoms with Crippen LogP contribution in [0.25, 0.3) is 0 Å². The Morgan fingerprint density at radius 1 is 0.545 bits per heavy atom. The molecule has 0 aromatic heterocycles. The molecule has 4 heteroatoms. The van der Waals surface area contributed by atoms with Gasteiger partial charge in [-0.05, 0) is 95.4 Å². The topological polar surface area (TPSA) is 44.5 Å². The van der Waals surface area contributed by atoms with Gasteiger partial charge in [0.1, 0.15) is 23.0 Å². The number of benzene rings is 3. The molecule has 0 fully saturated rings. The van der Waals surface area contributed by atoms with E-state index in [4.69, 9.17) is 15.2 Å². The maximum Gasteiger partial charge on any atom is 0.127 e. The summed E-state index contributed by atoms with van der Waals surface area (Å²) in [6.07, 6.45) is 0. The molecular formula is C18H14INO2. The molecule has 0 saturated carbocycles. The van der Waals surface area contributed by atoms with Crippen LogP contribution < -0.4 is 15.2 Å². The van der Waals surface area contributed by atoms with E-state index in [9.17, 15) is 0 Å². The van der Waals surface area contributed by atoms with Crippen LogP contribution in [0.2, 0.25) is 0 Å². The minimum atomic E-state index is 0.716. The molecule has 3 rings (SSSR count). The average molecular weight is 403 g/mol. The molecule has 0 atom stereocenters. The third kappa shape index (κ3) is 3.92. The van der Waals surface area contributed by atoms with Crippen LogP contribution in [0.1, 0.15) is 0 Å². The van der Waals surface area contributed by atoms with Crippen LogP contribution in [-0.4, -0.2) is 0 Å². The molecule has 2 N–H and O–H groups in total. The minimum Gasteiger partial charge on any atom is -0.457 e. The molecule has 110 valence electrons. The third-order valence-electron chi connectivity index (χ3n) is 2.99. The lowest BCUT2D eigenvalue weighted by molar-refractivity contribution is 0.469. The molecule has 0 aliphatic rings. The molecular weight excluding hydrogens is 389 g/mol. The summed E-state index contributed by atoms with van der Waals surface area (Å²) in [5.41, 5.74) is 6.37. The zero-order valence-electron chi connectivity index (χ0n) is 11.7. The first-order valence-corrected chi connectivity index (χ1v) is 7.84. The molecule has 3 aromatic carbocycles. The largest absolute Gasteiger partial charge is 0.457 e. The zero-order chi connectivity index (χ0) is 15.4. The molecule has 0 unspecified atom stereocenters. The summed E-state index contributed by atoms with van der Waals surface area (Å²) in [6.45, 7) is 0. The predicted molar refractivity (Wildman–Crippen MR) is 96.6 cm³/mol. The van der Waals surface area contributed by atoms with Crippen LogP contribution in [0, 0.1) is 3.57 Å². The fourth-order valence-electron chi connectivity index (χ4n) is 1.89. The standard InChI is InChI=1S/C18H14INO2/c19-13-1-5-15(6-2-13)21-17-9-11-18(12-10-17)22-16-7-3-14(20)4-8-16/h1-12H,20H2. The van der Waals surface area contributed by atoms with Crippen molar-refractivity contribution in [2.24, 2.45) is 0 Å². The van der Waals surface area contributed by atoms with E-state index in [2.05, 4.69) is 22.6 Å². The fourth-order valence-corrected chi connectivity index (χ4v) is 2.25. The molecule has 22 heavy (non-hydrogen) atoms. The van der Waals surface area contributed by atoms with Crippen molar-refractivity contribution in [3.05, 3.63) is 76.4 Å². The molecule has 0 aliphatic carbocycles. The van der Waals surface area contributed by atoms with Crippen molar-refractivity contribution in [2.75, 3.05) is 5.73 Å². The normalized spacial score (nSPS) is 10.2. The Labute approximate surface area is 142 Å². The number of hydrogen-bond donors (Lipinski definition) is 1. The lowest BCUT2D eigenvalue weighted by Crippen LogP contribution is -1.87. The van der Waals surface area contributed by atoms with Crippen LogP contribution in [0.4, 0.5) is 5.69 Å². The molecule has 3 aromatic rings. The Morgan fingerprint density at radius 2 is 0.864 bits per heavy atom. The summed E-state index contributed by atoms with van der Waals surface area (Å²) >= 11 is 2.26. The first-order valence-electron chi connectivity index (χ1n) is 6.76. The smallest absolute Gasteiger partial charge is 0.127 e. The SMILES string of the molecule is Nc1ccc(Oc2ccc(Oc3ccc(I)cc3)cc2)cc1. The Morgan fingerprint density at radius 3 is 1.27 bits per heavy atom. The van der Waals surface area contributed by atoms with Gasteiger partial charge < -0.3 is 15.2 Å². The summed E-state index contributed by atoms with van der Waals surface area (Å²) in [7, 11) is 0. The van der Waals surface area contributed by atoms with E-state index >= 15 is 0 Å². The maximum atomic E-state index is 5.78. The Kier molecular flexibility index (Phi) is 4.48. The number of nitrogen functional groups attached to an aromatic ring is 1. The van der Waals surface area contributed by atoms with Crippen molar-refractivity contribution >= 4 is 28.3 Å². The van der Waals surface area contributed by atoms with Crippen molar-refractivity contribution in [1.82, 2.24) is 0 Å². The second-order valence-corrected chi connectivity index (χ2v) is 5.94. The van der Waals surface area contributed by atoms with Gasteiger partial charge in [0.25, 0.3) is 0 Å². The quantitative estimate of drug-likeness (QED) is 0.465. The van der Waals surface area contributed by atoms with Gasteiger partial charge in [0, 0.05) is 9.26 Å². The maximum absolute atomic E-state index is 5.78. The molecule has 0 saturated heterocycles. The Balaban J connectivity index is 1.67. The van der Waals surface area contributed by atoms with E-state index in [-0.39, 0.29) is 0 Å². The molecule has 0 aliphatic heterocycles. The minimum absolute atomic E-state index is 0.716. The van der Waals surface area contributed by atoms with Crippen molar-refractivity contribution < 1.29 is 9.47 Å². The van der Waals surface area contributed by atoms with Crippen molar-refractivity contribution in [3.8, 4) is 23.0 Å². The monoisotopic (exact) mass is 403 g/mol. The van der Waals surface area contributed by atoms with Gasteiger partial charge in [-0.1, -0.05) is 0 Å². The third-order valence-corrected chi connectivity index (χ3v) is 3.71. The fraction of sp³-hybridized carbons (Fsp3) is 0. The summed E-state index contributed by atoms with van der Waals surface area (Å²) < 4.78 is 12.7. The second kappa shape index (κ2) is 6.70. The van der Waals surface area contributed by atoms with Gasteiger partial charge in [0.05, 0.1) is 0 Å². The van der Waals surface area contributed by atoms with Crippen LogP contribution in [0.3, 0.4) is 0 Å². The molecule has 0 heterocycles. The van der Waals surface area contributed by atoms with Crippen molar-refractivity contribution in [1.29, 1.82) is 0 Å². The van der Waals surface area contributed by atoms with E-state index in [0.29, 0.717) is 5.69 Å². The van der Waals surface area contributed by atoms with Crippen molar-refractivity contribution in [2.45, 2.75) is 0 Å². The van der Waals surface area contributed by atoms with E-state index in [1.54, 1.807) is 0 Å². The number of rotatable bonds is 4. The highest BCUT2D eigenvalue weighted by molar-refractivity contribution is 14.1. The molecule has 0 spiro atoms. The van der Waals surface area contributed by atoms with E-state index in [1.807, 2.05) is 72.8 Å². The molecule has 3 nitrogen and oxygen atoms in total. The molecule has 0 radical (unpaired) electrons. The zero-order valence-corrected chi connectivity index (χ0v) is 13.9. The summed E-state index contributed by atoms with van der Waals surface area (Å²) in [5, 5.41) is 0.